The molecule has 2 rings (SSSR count). The lowest BCUT2D eigenvalue weighted by Crippen LogP contribution is -2.03. The standard InChI is InChI=1S/C14H19BrN4O/c1-10-6-11(2)14(13(15)7-10)16-8-12-9-19(18-17-12)4-3-5-20/h6-7,9,16,20H,3-5,8H2,1-2H3. The number of rotatable bonds is 6. The average molecular weight is 339 g/mol. The van der Waals surface area contributed by atoms with Gasteiger partial charge in [0.25, 0.3) is 0 Å². The van der Waals surface area contributed by atoms with Gasteiger partial charge in [-0.2, -0.15) is 0 Å². The molecule has 6 heteroatoms. The summed E-state index contributed by atoms with van der Waals surface area (Å²) in [6.07, 6.45) is 2.60. The largest absolute Gasteiger partial charge is 0.396 e. The number of aliphatic hydroxyl groups is 1. The van der Waals surface area contributed by atoms with Crippen molar-refractivity contribution in [1.29, 1.82) is 0 Å². The lowest BCUT2D eigenvalue weighted by molar-refractivity contribution is 0.276. The van der Waals surface area contributed by atoms with Crippen molar-refractivity contribution in [3.8, 4) is 0 Å². The SMILES string of the molecule is Cc1cc(C)c(NCc2cn(CCCO)nn2)c(Br)c1. The molecule has 0 spiro atoms. The minimum atomic E-state index is 0.170. The molecular formula is C14H19BrN4O. The van der Waals surface area contributed by atoms with Crippen LogP contribution in [-0.4, -0.2) is 26.7 Å². The number of halogens is 1. The maximum atomic E-state index is 8.79. The van der Waals surface area contributed by atoms with Gasteiger partial charge in [-0.05, 0) is 53.4 Å². The van der Waals surface area contributed by atoms with Crippen molar-refractivity contribution in [1.82, 2.24) is 15.0 Å². The molecule has 20 heavy (non-hydrogen) atoms. The Morgan fingerprint density at radius 3 is 2.85 bits per heavy atom. The highest BCUT2D eigenvalue weighted by atomic mass is 79.9. The normalized spacial score (nSPS) is 10.8. The third-order valence-electron chi connectivity index (χ3n) is 3.01. The Labute approximate surface area is 127 Å². The molecule has 0 radical (unpaired) electrons. The Kier molecular flexibility index (Phi) is 5.14. The van der Waals surface area contributed by atoms with Crippen LogP contribution in [0.3, 0.4) is 0 Å². The van der Waals surface area contributed by atoms with Crippen LogP contribution in [0, 0.1) is 13.8 Å². The third-order valence-corrected chi connectivity index (χ3v) is 3.63. The van der Waals surface area contributed by atoms with Crippen LogP contribution in [0.15, 0.2) is 22.8 Å². The molecule has 5 nitrogen and oxygen atoms in total. The molecule has 1 aromatic carbocycles. The van der Waals surface area contributed by atoms with Gasteiger partial charge in [-0.3, -0.25) is 4.68 Å². The van der Waals surface area contributed by atoms with E-state index in [4.69, 9.17) is 5.11 Å². The molecule has 0 saturated heterocycles. The summed E-state index contributed by atoms with van der Waals surface area (Å²) in [4.78, 5) is 0. The zero-order valence-corrected chi connectivity index (χ0v) is 13.3. The van der Waals surface area contributed by atoms with E-state index in [1.807, 2.05) is 6.20 Å². The van der Waals surface area contributed by atoms with Gasteiger partial charge in [0, 0.05) is 17.6 Å². The van der Waals surface area contributed by atoms with Crippen LogP contribution in [0.5, 0.6) is 0 Å². The zero-order chi connectivity index (χ0) is 14.5. The monoisotopic (exact) mass is 338 g/mol. The van der Waals surface area contributed by atoms with Crippen LogP contribution in [0.4, 0.5) is 5.69 Å². The van der Waals surface area contributed by atoms with Crippen molar-refractivity contribution >= 4 is 21.6 Å². The summed E-state index contributed by atoms with van der Waals surface area (Å²) >= 11 is 3.58. The minimum absolute atomic E-state index is 0.170. The van der Waals surface area contributed by atoms with Crippen molar-refractivity contribution in [2.24, 2.45) is 0 Å². The van der Waals surface area contributed by atoms with Crippen molar-refractivity contribution in [2.75, 3.05) is 11.9 Å². The second kappa shape index (κ2) is 6.85. The first kappa shape index (κ1) is 15.0. The molecule has 0 aliphatic carbocycles. The third kappa shape index (κ3) is 3.80. The molecular weight excluding hydrogens is 320 g/mol. The second-order valence-corrected chi connectivity index (χ2v) is 5.70. The molecule has 1 heterocycles. The first-order valence-electron chi connectivity index (χ1n) is 6.60. The van der Waals surface area contributed by atoms with Gasteiger partial charge < -0.3 is 10.4 Å². The summed E-state index contributed by atoms with van der Waals surface area (Å²) in [6, 6.07) is 4.23. The number of hydrogen-bond acceptors (Lipinski definition) is 4. The van der Waals surface area contributed by atoms with Crippen LogP contribution in [-0.2, 0) is 13.1 Å². The number of aromatic nitrogens is 3. The molecule has 0 saturated carbocycles. The summed E-state index contributed by atoms with van der Waals surface area (Å²) in [5.74, 6) is 0. The average Bonchev–Trinajstić information content (AvgIpc) is 2.83. The van der Waals surface area contributed by atoms with Gasteiger partial charge in [-0.1, -0.05) is 11.3 Å². The van der Waals surface area contributed by atoms with Gasteiger partial charge in [0.15, 0.2) is 0 Å². The van der Waals surface area contributed by atoms with E-state index < -0.39 is 0 Å². The van der Waals surface area contributed by atoms with Crippen LogP contribution in [0.2, 0.25) is 0 Å². The van der Waals surface area contributed by atoms with Gasteiger partial charge in [-0.15, -0.1) is 5.10 Å². The van der Waals surface area contributed by atoms with Crippen LogP contribution < -0.4 is 5.32 Å². The van der Waals surface area contributed by atoms with E-state index in [0.29, 0.717) is 19.5 Å². The maximum absolute atomic E-state index is 8.79. The van der Waals surface area contributed by atoms with E-state index in [1.54, 1.807) is 4.68 Å². The Morgan fingerprint density at radius 1 is 1.35 bits per heavy atom. The highest BCUT2D eigenvalue weighted by Crippen LogP contribution is 2.28. The molecule has 0 aliphatic rings. The van der Waals surface area contributed by atoms with Crippen molar-refractivity contribution in [3.63, 3.8) is 0 Å². The Hall–Kier alpha value is -1.40. The summed E-state index contributed by atoms with van der Waals surface area (Å²) in [5, 5.41) is 20.3. The first-order valence-corrected chi connectivity index (χ1v) is 7.40. The maximum Gasteiger partial charge on any atom is 0.102 e. The van der Waals surface area contributed by atoms with E-state index in [1.165, 1.54) is 11.1 Å². The number of aryl methyl sites for hydroxylation is 3. The van der Waals surface area contributed by atoms with E-state index in [9.17, 15) is 0 Å². The molecule has 0 bridgehead atoms. The quantitative estimate of drug-likeness (QED) is 0.849. The fourth-order valence-corrected chi connectivity index (χ4v) is 2.89. The highest BCUT2D eigenvalue weighted by molar-refractivity contribution is 9.10. The summed E-state index contributed by atoms with van der Waals surface area (Å²) in [7, 11) is 0. The predicted octanol–water partition coefficient (Wildman–Crippen LogP) is 2.65. The van der Waals surface area contributed by atoms with Gasteiger partial charge in [0.2, 0.25) is 0 Å². The zero-order valence-electron chi connectivity index (χ0n) is 11.7. The molecule has 0 fully saturated rings. The molecule has 0 aliphatic heterocycles. The highest BCUT2D eigenvalue weighted by Gasteiger charge is 2.06. The fraction of sp³-hybridized carbons (Fsp3) is 0.429. The van der Waals surface area contributed by atoms with Crippen molar-refractivity contribution < 1.29 is 5.11 Å². The van der Waals surface area contributed by atoms with Crippen molar-refractivity contribution in [3.05, 3.63) is 39.6 Å². The Bertz CT molecular complexity index is 559. The summed E-state index contributed by atoms with van der Waals surface area (Å²) < 4.78 is 2.81. The predicted molar refractivity (Wildman–Crippen MR) is 82.7 cm³/mol. The first-order chi connectivity index (χ1) is 9.60. The minimum Gasteiger partial charge on any atom is -0.396 e. The molecule has 1 aromatic heterocycles. The van der Waals surface area contributed by atoms with Gasteiger partial charge in [0.05, 0.1) is 18.4 Å². The smallest absolute Gasteiger partial charge is 0.102 e. The molecule has 2 aromatic rings. The number of nitrogens with one attached hydrogen (secondary N) is 1. The van der Waals surface area contributed by atoms with E-state index in [-0.39, 0.29) is 6.61 Å². The molecule has 108 valence electrons. The second-order valence-electron chi connectivity index (χ2n) is 4.84. The van der Waals surface area contributed by atoms with E-state index in [0.717, 1.165) is 15.9 Å². The molecule has 0 unspecified atom stereocenters. The number of benzene rings is 1. The fourth-order valence-electron chi connectivity index (χ4n) is 2.08. The van der Waals surface area contributed by atoms with Crippen LogP contribution >= 0.6 is 15.9 Å². The van der Waals surface area contributed by atoms with Gasteiger partial charge in [0.1, 0.15) is 5.69 Å². The van der Waals surface area contributed by atoms with Crippen LogP contribution in [0.1, 0.15) is 23.2 Å². The Morgan fingerprint density at radius 2 is 2.15 bits per heavy atom. The lowest BCUT2D eigenvalue weighted by Gasteiger charge is -2.11. The van der Waals surface area contributed by atoms with Crippen LogP contribution in [0.25, 0.3) is 0 Å². The van der Waals surface area contributed by atoms with Crippen molar-refractivity contribution in [2.45, 2.75) is 33.4 Å². The number of anilines is 1. The number of aliphatic hydroxyl groups excluding tert-OH is 1. The molecule has 2 N–H and O–H groups in total. The topological polar surface area (TPSA) is 63.0 Å². The number of hydrogen-bond donors (Lipinski definition) is 2. The summed E-state index contributed by atoms with van der Waals surface area (Å²) in [6.45, 7) is 5.65. The van der Waals surface area contributed by atoms with E-state index in [2.05, 4.69) is 57.5 Å². The molecule has 0 atom stereocenters. The van der Waals surface area contributed by atoms with Gasteiger partial charge in [-0.25, -0.2) is 0 Å². The lowest BCUT2D eigenvalue weighted by atomic mass is 10.1. The molecule has 0 amide bonds. The summed E-state index contributed by atoms with van der Waals surface area (Å²) in [5.41, 5.74) is 4.40. The Balaban J connectivity index is 2.00. The van der Waals surface area contributed by atoms with Gasteiger partial charge >= 0.3 is 0 Å². The van der Waals surface area contributed by atoms with E-state index >= 15 is 0 Å². The number of nitrogens with zero attached hydrogens (tertiary/aromatic N) is 3.